The van der Waals surface area contributed by atoms with Crippen molar-refractivity contribution < 1.29 is 23.7 Å². The molecular weight excluding hydrogens is 456 g/mol. The van der Waals surface area contributed by atoms with Gasteiger partial charge in [0.25, 0.3) is 0 Å². The molecule has 1 aliphatic carbocycles. The molecule has 0 radical (unpaired) electrons. The Balaban J connectivity index is 1.63. The average molecular weight is 487 g/mol. The topological polar surface area (TPSA) is 78.1 Å². The molecule has 0 unspecified atom stereocenters. The Morgan fingerprint density at radius 1 is 0.750 bits per heavy atom. The van der Waals surface area contributed by atoms with Gasteiger partial charge >= 0.3 is 0 Å². The normalized spacial score (nSPS) is 18.7. The minimum Gasteiger partial charge on any atom is -0.497 e. The highest BCUT2D eigenvalue weighted by Crippen LogP contribution is 2.47. The standard InChI is InChI=1S/C29H30N2O5/c1-33-19-11-9-17(10-12-19)18-13-23-28(24(32)14-18)29(31-22-8-6-5-7-21(22)30-23)20-15-26(35-3)27(36-4)16-25(20)34-2/h5-12,15-16,18,29-31H,13-14H2,1-4H3/t18-,29-/m1/s1. The fraction of sp³-hybridized carbons (Fsp3) is 0.276. The van der Waals surface area contributed by atoms with Gasteiger partial charge in [-0.3, -0.25) is 4.79 Å². The van der Waals surface area contributed by atoms with Crippen LogP contribution in [0.15, 0.2) is 71.9 Å². The molecule has 0 amide bonds. The number of Topliss-reactive ketones (excluding diaryl/α,β-unsaturated/α-hetero) is 1. The number of methoxy groups -OCH3 is 4. The van der Waals surface area contributed by atoms with Crippen molar-refractivity contribution in [1.29, 1.82) is 0 Å². The van der Waals surface area contributed by atoms with Gasteiger partial charge in [0.2, 0.25) is 0 Å². The third-order valence-electron chi connectivity index (χ3n) is 6.94. The molecule has 0 aromatic heterocycles. The molecule has 7 nitrogen and oxygen atoms in total. The number of ketones is 1. The molecule has 1 heterocycles. The molecule has 3 aromatic rings. The van der Waals surface area contributed by atoms with E-state index in [0.717, 1.165) is 33.9 Å². The van der Waals surface area contributed by atoms with Gasteiger partial charge < -0.3 is 29.6 Å². The number of nitrogens with one attached hydrogen (secondary N) is 2. The predicted molar refractivity (Wildman–Crippen MR) is 140 cm³/mol. The van der Waals surface area contributed by atoms with Crippen molar-refractivity contribution in [3.05, 3.63) is 83.1 Å². The van der Waals surface area contributed by atoms with Gasteiger partial charge in [0.15, 0.2) is 17.3 Å². The largest absolute Gasteiger partial charge is 0.497 e. The van der Waals surface area contributed by atoms with Gasteiger partial charge in [-0.1, -0.05) is 24.3 Å². The van der Waals surface area contributed by atoms with Crippen molar-refractivity contribution in [1.82, 2.24) is 0 Å². The van der Waals surface area contributed by atoms with E-state index in [-0.39, 0.29) is 11.7 Å². The van der Waals surface area contributed by atoms with Crippen molar-refractivity contribution in [2.75, 3.05) is 39.1 Å². The van der Waals surface area contributed by atoms with Crippen LogP contribution in [0.1, 0.15) is 35.9 Å². The maximum Gasteiger partial charge on any atom is 0.164 e. The molecule has 1 aliphatic heterocycles. The van der Waals surface area contributed by atoms with Gasteiger partial charge in [-0.15, -0.1) is 0 Å². The Hall–Kier alpha value is -4.13. The number of fused-ring (bicyclic) bond motifs is 1. The van der Waals surface area contributed by atoms with Crippen molar-refractivity contribution in [2.45, 2.75) is 24.8 Å². The van der Waals surface area contributed by atoms with Gasteiger partial charge in [-0.25, -0.2) is 0 Å². The molecule has 2 aliphatic rings. The zero-order chi connectivity index (χ0) is 25.2. The Bertz CT molecular complexity index is 1320. The first kappa shape index (κ1) is 23.6. The number of allylic oxidation sites excluding steroid dienone is 1. The Labute approximate surface area is 211 Å². The van der Waals surface area contributed by atoms with E-state index in [9.17, 15) is 4.79 Å². The third kappa shape index (κ3) is 4.21. The second-order valence-corrected chi connectivity index (χ2v) is 8.89. The van der Waals surface area contributed by atoms with E-state index < -0.39 is 6.04 Å². The highest BCUT2D eigenvalue weighted by Gasteiger charge is 2.37. The third-order valence-corrected chi connectivity index (χ3v) is 6.94. The predicted octanol–water partition coefficient (Wildman–Crippen LogP) is 5.70. The first-order chi connectivity index (χ1) is 17.6. The molecule has 7 heteroatoms. The van der Waals surface area contributed by atoms with Crippen LogP contribution in [-0.4, -0.2) is 34.2 Å². The molecule has 5 rings (SSSR count). The second-order valence-electron chi connectivity index (χ2n) is 8.89. The highest BCUT2D eigenvalue weighted by molar-refractivity contribution is 6.01. The molecule has 0 bridgehead atoms. The van der Waals surface area contributed by atoms with Gasteiger partial charge in [-0.05, 0) is 48.2 Å². The lowest BCUT2D eigenvalue weighted by Gasteiger charge is -2.30. The summed E-state index contributed by atoms with van der Waals surface area (Å²) in [7, 11) is 6.46. The summed E-state index contributed by atoms with van der Waals surface area (Å²) >= 11 is 0. The van der Waals surface area contributed by atoms with Crippen LogP contribution in [-0.2, 0) is 4.79 Å². The Morgan fingerprint density at radius 2 is 1.42 bits per heavy atom. The smallest absolute Gasteiger partial charge is 0.164 e. The summed E-state index contributed by atoms with van der Waals surface area (Å²) < 4.78 is 22.1. The summed E-state index contributed by atoms with van der Waals surface area (Å²) in [5.41, 5.74) is 5.37. The molecule has 2 atom stereocenters. The van der Waals surface area contributed by atoms with E-state index in [1.54, 1.807) is 34.5 Å². The van der Waals surface area contributed by atoms with E-state index in [0.29, 0.717) is 35.7 Å². The molecular formula is C29H30N2O5. The molecule has 0 saturated heterocycles. The zero-order valence-electron chi connectivity index (χ0n) is 20.9. The van der Waals surface area contributed by atoms with Gasteiger partial charge in [0.1, 0.15) is 11.5 Å². The van der Waals surface area contributed by atoms with Crippen LogP contribution >= 0.6 is 0 Å². The Kier molecular flexibility index (Phi) is 6.46. The number of benzene rings is 3. The van der Waals surface area contributed by atoms with Gasteiger partial charge in [0, 0.05) is 29.3 Å². The van der Waals surface area contributed by atoms with Crippen LogP contribution in [0, 0.1) is 0 Å². The highest BCUT2D eigenvalue weighted by atomic mass is 16.5. The van der Waals surface area contributed by atoms with E-state index in [1.165, 1.54) is 0 Å². The summed E-state index contributed by atoms with van der Waals surface area (Å²) in [5, 5.41) is 7.18. The molecule has 0 spiro atoms. The monoisotopic (exact) mass is 486 g/mol. The van der Waals surface area contributed by atoms with Crippen molar-refractivity contribution in [2.24, 2.45) is 0 Å². The molecule has 186 valence electrons. The van der Waals surface area contributed by atoms with Gasteiger partial charge in [0.05, 0.1) is 45.9 Å². The molecule has 0 fully saturated rings. The van der Waals surface area contributed by atoms with E-state index in [1.807, 2.05) is 54.6 Å². The molecule has 36 heavy (non-hydrogen) atoms. The first-order valence-electron chi connectivity index (χ1n) is 11.9. The fourth-order valence-corrected chi connectivity index (χ4v) is 5.12. The van der Waals surface area contributed by atoms with Crippen LogP contribution in [0.25, 0.3) is 0 Å². The summed E-state index contributed by atoms with van der Waals surface area (Å²) in [6.07, 6.45) is 1.12. The van der Waals surface area contributed by atoms with Crippen LogP contribution < -0.4 is 29.6 Å². The second kappa shape index (κ2) is 9.85. The lowest BCUT2D eigenvalue weighted by Crippen LogP contribution is -2.27. The van der Waals surface area contributed by atoms with Crippen molar-refractivity contribution in [3.63, 3.8) is 0 Å². The minimum atomic E-state index is -0.435. The number of carbonyl (C=O) groups excluding carboxylic acids is 1. The van der Waals surface area contributed by atoms with E-state index in [2.05, 4.69) is 10.6 Å². The summed E-state index contributed by atoms with van der Waals surface area (Å²) in [4.78, 5) is 13.8. The maximum absolute atomic E-state index is 13.8. The maximum atomic E-state index is 13.8. The van der Waals surface area contributed by atoms with Crippen LogP contribution in [0.2, 0.25) is 0 Å². The number of ether oxygens (including phenoxy) is 4. The van der Waals surface area contributed by atoms with E-state index in [4.69, 9.17) is 18.9 Å². The summed E-state index contributed by atoms with van der Waals surface area (Å²) in [5.74, 6) is 2.70. The van der Waals surface area contributed by atoms with Crippen LogP contribution in [0.5, 0.6) is 23.0 Å². The van der Waals surface area contributed by atoms with Crippen molar-refractivity contribution in [3.8, 4) is 23.0 Å². The summed E-state index contributed by atoms with van der Waals surface area (Å²) in [6.45, 7) is 0. The van der Waals surface area contributed by atoms with Gasteiger partial charge in [-0.2, -0.15) is 0 Å². The van der Waals surface area contributed by atoms with Crippen LogP contribution in [0.3, 0.4) is 0 Å². The number of rotatable bonds is 6. The lowest BCUT2D eigenvalue weighted by molar-refractivity contribution is -0.116. The molecule has 2 N–H and O–H groups in total. The minimum absolute atomic E-state index is 0.0628. The SMILES string of the molecule is COc1ccc([C@H]2CC(=O)C3=C(C2)Nc2ccccc2N[C@@H]3c2cc(OC)c(OC)cc2OC)cc1. The number of hydrogen-bond acceptors (Lipinski definition) is 7. The van der Waals surface area contributed by atoms with E-state index >= 15 is 0 Å². The number of anilines is 2. The molecule has 0 saturated carbocycles. The fourth-order valence-electron chi connectivity index (χ4n) is 5.12. The zero-order valence-corrected chi connectivity index (χ0v) is 20.9. The average Bonchev–Trinajstić information content (AvgIpc) is 3.09. The number of hydrogen-bond donors (Lipinski definition) is 2. The van der Waals surface area contributed by atoms with Crippen LogP contribution in [0.4, 0.5) is 11.4 Å². The lowest BCUT2D eigenvalue weighted by atomic mass is 9.78. The molecule has 3 aromatic carbocycles. The van der Waals surface area contributed by atoms with Crippen molar-refractivity contribution >= 4 is 17.2 Å². The quantitative estimate of drug-likeness (QED) is 0.463. The number of para-hydroxylation sites is 2. The number of carbonyl (C=O) groups is 1. The Morgan fingerprint density at radius 3 is 2.08 bits per heavy atom. The summed E-state index contributed by atoms with van der Waals surface area (Å²) in [6, 6.07) is 19.2. The first-order valence-corrected chi connectivity index (χ1v) is 11.9.